The van der Waals surface area contributed by atoms with Gasteiger partial charge in [0.1, 0.15) is 0 Å². The minimum atomic E-state index is 0.629. The molecule has 1 aromatic heterocycles. The lowest BCUT2D eigenvalue weighted by Crippen LogP contribution is -2.27. The number of imidazole rings is 1. The van der Waals surface area contributed by atoms with E-state index in [1.54, 1.807) is 0 Å². The highest BCUT2D eigenvalue weighted by atomic mass is 15.0. The fourth-order valence-electron chi connectivity index (χ4n) is 3.14. The van der Waals surface area contributed by atoms with E-state index in [4.69, 9.17) is 0 Å². The van der Waals surface area contributed by atoms with E-state index in [0.717, 1.165) is 19.5 Å². The molecular formula is C17H23N3. The first-order valence-electron chi connectivity index (χ1n) is 7.61. The van der Waals surface area contributed by atoms with Gasteiger partial charge in [0.05, 0.1) is 12.0 Å². The molecular weight excluding hydrogens is 246 g/mol. The first-order valence-corrected chi connectivity index (χ1v) is 7.61. The highest BCUT2D eigenvalue weighted by Gasteiger charge is 2.22. The van der Waals surface area contributed by atoms with Crippen molar-refractivity contribution in [2.75, 3.05) is 13.1 Å². The van der Waals surface area contributed by atoms with E-state index in [1.165, 1.54) is 35.4 Å². The van der Waals surface area contributed by atoms with Crippen LogP contribution in [0.25, 0.3) is 11.3 Å². The largest absolute Gasteiger partial charge is 0.337 e. The van der Waals surface area contributed by atoms with Crippen molar-refractivity contribution in [2.24, 2.45) is 7.05 Å². The van der Waals surface area contributed by atoms with Crippen LogP contribution in [0.3, 0.4) is 0 Å². The SMILES string of the molecule is CCc1ccc(-c2ncn(C)c2C2CCNCC2)cc1. The summed E-state index contributed by atoms with van der Waals surface area (Å²) in [6, 6.07) is 8.87. The molecule has 20 heavy (non-hydrogen) atoms. The van der Waals surface area contributed by atoms with Crippen molar-refractivity contribution in [1.29, 1.82) is 0 Å². The lowest BCUT2D eigenvalue weighted by Gasteiger charge is -2.24. The van der Waals surface area contributed by atoms with Gasteiger partial charge in [-0.05, 0) is 37.9 Å². The third kappa shape index (κ3) is 2.50. The number of rotatable bonds is 3. The molecule has 2 heterocycles. The summed E-state index contributed by atoms with van der Waals surface area (Å²) in [5, 5.41) is 3.44. The second kappa shape index (κ2) is 5.80. The van der Waals surface area contributed by atoms with Gasteiger partial charge < -0.3 is 9.88 Å². The van der Waals surface area contributed by atoms with E-state index in [-0.39, 0.29) is 0 Å². The second-order valence-electron chi connectivity index (χ2n) is 5.66. The summed E-state index contributed by atoms with van der Waals surface area (Å²) in [5.41, 5.74) is 5.20. The zero-order chi connectivity index (χ0) is 13.9. The number of aryl methyl sites for hydroxylation is 2. The molecule has 1 aliphatic heterocycles. The molecule has 1 aromatic carbocycles. The molecule has 1 fully saturated rings. The van der Waals surface area contributed by atoms with Crippen LogP contribution in [0.15, 0.2) is 30.6 Å². The van der Waals surface area contributed by atoms with Crippen molar-refractivity contribution in [1.82, 2.24) is 14.9 Å². The van der Waals surface area contributed by atoms with Crippen LogP contribution in [0.1, 0.15) is 36.9 Å². The van der Waals surface area contributed by atoms with Crippen molar-refractivity contribution in [2.45, 2.75) is 32.1 Å². The summed E-state index contributed by atoms with van der Waals surface area (Å²) in [4.78, 5) is 4.66. The molecule has 0 atom stereocenters. The summed E-state index contributed by atoms with van der Waals surface area (Å²) < 4.78 is 2.21. The van der Waals surface area contributed by atoms with Crippen LogP contribution >= 0.6 is 0 Å². The second-order valence-corrected chi connectivity index (χ2v) is 5.66. The molecule has 0 radical (unpaired) electrons. The fourth-order valence-corrected chi connectivity index (χ4v) is 3.14. The molecule has 0 amide bonds. The van der Waals surface area contributed by atoms with Crippen molar-refractivity contribution < 1.29 is 0 Å². The molecule has 106 valence electrons. The standard InChI is InChI=1S/C17H23N3/c1-3-13-4-6-14(7-5-13)16-17(20(2)12-19-16)15-8-10-18-11-9-15/h4-7,12,15,18H,3,8-11H2,1-2H3. The smallest absolute Gasteiger partial charge is 0.0953 e. The van der Waals surface area contributed by atoms with Crippen LogP contribution < -0.4 is 5.32 Å². The Morgan fingerprint density at radius 1 is 1.20 bits per heavy atom. The first kappa shape index (κ1) is 13.4. The zero-order valence-electron chi connectivity index (χ0n) is 12.4. The van der Waals surface area contributed by atoms with Crippen molar-refractivity contribution >= 4 is 0 Å². The average molecular weight is 269 g/mol. The molecule has 1 aliphatic rings. The molecule has 1 N–H and O–H groups in total. The Kier molecular flexibility index (Phi) is 3.88. The van der Waals surface area contributed by atoms with E-state index >= 15 is 0 Å². The number of hydrogen-bond acceptors (Lipinski definition) is 2. The average Bonchev–Trinajstić information content (AvgIpc) is 2.90. The number of nitrogens with one attached hydrogen (secondary N) is 1. The topological polar surface area (TPSA) is 29.9 Å². The minimum absolute atomic E-state index is 0.629. The number of hydrogen-bond donors (Lipinski definition) is 1. The Labute approximate surface area is 121 Å². The molecule has 2 aromatic rings. The van der Waals surface area contributed by atoms with Gasteiger partial charge in [-0.1, -0.05) is 31.2 Å². The fraction of sp³-hybridized carbons (Fsp3) is 0.471. The van der Waals surface area contributed by atoms with Crippen LogP contribution in [0.4, 0.5) is 0 Å². The highest BCUT2D eigenvalue weighted by molar-refractivity contribution is 5.63. The lowest BCUT2D eigenvalue weighted by molar-refractivity contribution is 0.446. The van der Waals surface area contributed by atoms with E-state index in [9.17, 15) is 0 Å². The number of piperidine rings is 1. The van der Waals surface area contributed by atoms with Gasteiger partial charge in [-0.2, -0.15) is 0 Å². The van der Waals surface area contributed by atoms with Gasteiger partial charge in [-0.15, -0.1) is 0 Å². The lowest BCUT2D eigenvalue weighted by atomic mass is 9.91. The van der Waals surface area contributed by atoms with E-state index in [1.807, 2.05) is 6.33 Å². The Hall–Kier alpha value is -1.61. The van der Waals surface area contributed by atoms with E-state index < -0.39 is 0 Å². The van der Waals surface area contributed by atoms with Gasteiger partial charge in [-0.25, -0.2) is 4.98 Å². The van der Waals surface area contributed by atoms with Crippen LogP contribution in [-0.2, 0) is 13.5 Å². The Morgan fingerprint density at radius 2 is 1.90 bits per heavy atom. The normalized spacial score (nSPS) is 16.5. The molecule has 1 saturated heterocycles. The van der Waals surface area contributed by atoms with E-state index in [0.29, 0.717) is 5.92 Å². The van der Waals surface area contributed by atoms with Crippen molar-refractivity contribution in [3.8, 4) is 11.3 Å². The van der Waals surface area contributed by atoms with Gasteiger partial charge in [0.2, 0.25) is 0 Å². The molecule has 3 heteroatoms. The van der Waals surface area contributed by atoms with Crippen molar-refractivity contribution in [3.63, 3.8) is 0 Å². The minimum Gasteiger partial charge on any atom is -0.337 e. The first-order chi connectivity index (χ1) is 9.79. The quantitative estimate of drug-likeness (QED) is 0.928. The number of nitrogens with zero attached hydrogens (tertiary/aromatic N) is 2. The summed E-state index contributed by atoms with van der Waals surface area (Å²) in [7, 11) is 2.12. The third-order valence-electron chi connectivity index (χ3n) is 4.34. The highest BCUT2D eigenvalue weighted by Crippen LogP contribution is 2.32. The predicted molar refractivity (Wildman–Crippen MR) is 82.9 cm³/mol. The molecule has 0 aliphatic carbocycles. The molecule has 0 bridgehead atoms. The third-order valence-corrected chi connectivity index (χ3v) is 4.34. The zero-order valence-corrected chi connectivity index (χ0v) is 12.4. The van der Waals surface area contributed by atoms with E-state index in [2.05, 4.69) is 53.1 Å². The van der Waals surface area contributed by atoms with Crippen LogP contribution in [0.2, 0.25) is 0 Å². The van der Waals surface area contributed by atoms with Gasteiger partial charge in [0, 0.05) is 24.2 Å². The number of aromatic nitrogens is 2. The molecule has 0 saturated carbocycles. The monoisotopic (exact) mass is 269 g/mol. The Bertz CT molecular complexity index is 562. The Morgan fingerprint density at radius 3 is 2.55 bits per heavy atom. The van der Waals surface area contributed by atoms with Crippen molar-refractivity contribution in [3.05, 3.63) is 41.9 Å². The molecule has 3 nitrogen and oxygen atoms in total. The summed E-state index contributed by atoms with van der Waals surface area (Å²) in [5.74, 6) is 0.629. The maximum Gasteiger partial charge on any atom is 0.0953 e. The molecule has 3 rings (SSSR count). The molecule has 0 unspecified atom stereocenters. The Balaban J connectivity index is 1.96. The van der Waals surface area contributed by atoms with Crippen LogP contribution in [-0.4, -0.2) is 22.6 Å². The van der Waals surface area contributed by atoms with Crippen LogP contribution in [0.5, 0.6) is 0 Å². The maximum absolute atomic E-state index is 4.66. The molecule has 0 spiro atoms. The summed E-state index contributed by atoms with van der Waals surface area (Å²) in [6.45, 7) is 4.42. The van der Waals surface area contributed by atoms with Gasteiger partial charge in [-0.3, -0.25) is 0 Å². The summed E-state index contributed by atoms with van der Waals surface area (Å²) in [6.07, 6.45) is 5.46. The number of benzene rings is 1. The van der Waals surface area contributed by atoms with Gasteiger partial charge >= 0.3 is 0 Å². The predicted octanol–water partition coefficient (Wildman–Crippen LogP) is 3.12. The maximum atomic E-state index is 4.66. The van der Waals surface area contributed by atoms with Gasteiger partial charge in [0.25, 0.3) is 0 Å². The van der Waals surface area contributed by atoms with Crippen LogP contribution in [0, 0.1) is 0 Å². The summed E-state index contributed by atoms with van der Waals surface area (Å²) >= 11 is 0. The van der Waals surface area contributed by atoms with Gasteiger partial charge in [0.15, 0.2) is 0 Å².